The van der Waals surface area contributed by atoms with Crippen molar-refractivity contribution in [3.63, 3.8) is 0 Å². The van der Waals surface area contributed by atoms with Gasteiger partial charge in [-0.25, -0.2) is 0 Å². The molecule has 1 heterocycles. The molecule has 3 N–H and O–H groups in total. The Morgan fingerprint density at radius 1 is 1.73 bits per heavy atom. The number of rotatable bonds is 2. The van der Waals surface area contributed by atoms with Gasteiger partial charge in [-0.3, -0.25) is 16.0 Å². The molecule has 0 saturated carbocycles. The van der Waals surface area contributed by atoms with Crippen molar-refractivity contribution in [3.05, 3.63) is 16.4 Å². The summed E-state index contributed by atoms with van der Waals surface area (Å²) in [4.78, 5) is 0. The van der Waals surface area contributed by atoms with Gasteiger partial charge in [-0.15, -0.1) is 0 Å². The van der Waals surface area contributed by atoms with Gasteiger partial charge in [0.05, 0.1) is 5.69 Å². The van der Waals surface area contributed by atoms with Crippen molar-refractivity contribution in [2.75, 3.05) is 0 Å². The fourth-order valence-corrected chi connectivity index (χ4v) is 1.22. The Bertz CT molecular complexity index is 255. The molecule has 0 saturated heterocycles. The Morgan fingerprint density at radius 3 is 2.73 bits per heavy atom. The van der Waals surface area contributed by atoms with Crippen LogP contribution in [0.3, 0.4) is 0 Å². The van der Waals surface area contributed by atoms with Crippen molar-refractivity contribution >= 4 is 11.6 Å². The maximum Gasteiger partial charge on any atom is 0.131 e. The van der Waals surface area contributed by atoms with Gasteiger partial charge in [0, 0.05) is 19.2 Å². The molecule has 11 heavy (non-hydrogen) atoms. The number of halogens is 1. The number of aryl methyl sites for hydroxylation is 2. The van der Waals surface area contributed by atoms with Crippen LogP contribution in [0.5, 0.6) is 0 Å². The van der Waals surface area contributed by atoms with Crippen LogP contribution in [0.4, 0.5) is 0 Å². The number of hydrogen-bond donors (Lipinski definition) is 2. The lowest BCUT2D eigenvalue weighted by molar-refractivity contribution is 0.736. The summed E-state index contributed by atoms with van der Waals surface area (Å²) in [7, 11) is 1.80. The summed E-state index contributed by atoms with van der Waals surface area (Å²) in [6, 6.07) is 0. The number of nitrogens with zero attached hydrogens (tertiary/aromatic N) is 2. The molecule has 0 bridgehead atoms. The van der Waals surface area contributed by atoms with E-state index < -0.39 is 0 Å². The minimum Gasteiger partial charge on any atom is -0.271 e. The molecule has 0 amide bonds. The fourth-order valence-electron chi connectivity index (χ4n) is 0.977. The first-order chi connectivity index (χ1) is 5.16. The molecule has 0 radical (unpaired) electrons. The zero-order chi connectivity index (χ0) is 8.43. The summed E-state index contributed by atoms with van der Waals surface area (Å²) < 4.78 is 1.63. The van der Waals surface area contributed by atoms with E-state index in [9.17, 15) is 0 Å². The van der Waals surface area contributed by atoms with Crippen molar-refractivity contribution < 1.29 is 0 Å². The van der Waals surface area contributed by atoms with E-state index in [2.05, 4.69) is 10.5 Å². The lowest BCUT2D eigenvalue weighted by Gasteiger charge is -1.96. The highest BCUT2D eigenvalue weighted by atomic mass is 35.5. The molecule has 0 fully saturated rings. The Morgan fingerprint density at radius 2 is 2.36 bits per heavy atom. The third-order valence-corrected chi connectivity index (χ3v) is 2.02. The molecule has 0 atom stereocenters. The summed E-state index contributed by atoms with van der Waals surface area (Å²) >= 11 is 5.90. The number of nitrogens with one attached hydrogen (secondary N) is 1. The molecule has 62 valence electrons. The number of hydrazine groups is 1. The third kappa shape index (κ3) is 1.53. The Labute approximate surface area is 70.3 Å². The molecule has 4 nitrogen and oxygen atoms in total. The summed E-state index contributed by atoms with van der Waals surface area (Å²) in [6.07, 6.45) is 0. The van der Waals surface area contributed by atoms with Crippen LogP contribution < -0.4 is 11.3 Å². The molecule has 1 aromatic rings. The smallest absolute Gasteiger partial charge is 0.131 e. The molecule has 0 aliphatic heterocycles. The van der Waals surface area contributed by atoms with Crippen LogP contribution in [0.2, 0.25) is 5.15 Å². The van der Waals surface area contributed by atoms with E-state index >= 15 is 0 Å². The average molecular weight is 175 g/mol. The second kappa shape index (κ2) is 3.21. The van der Waals surface area contributed by atoms with Crippen LogP contribution in [0.1, 0.15) is 11.3 Å². The molecular formula is C6H11ClN4. The largest absolute Gasteiger partial charge is 0.271 e. The van der Waals surface area contributed by atoms with Crippen molar-refractivity contribution in [1.82, 2.24) is 15.2 Å². The standard InChI is InChI=1S/C6H11ClN4/c1-4-5(3-9-8)6(7)11(2)10-4/h9H,3,8H2,1-2H3. The molecule has 0 spiro atoms. The van der Waals surface area contributed by atoms with Gasteiger partial charge in [-0.2, -0.15) is 5.10 Å². The van der Waals surface area contributed by atoms with Crippen molar-refractivity contribution in [1.29, 1.82) is 0 Å². The van der Waals surface area contributed by atoms with Gasteiger partial charge in [0.15, 0.2) is 0 Å². The van der Waals surface area contributed by atoms with E-state index in [-0.39, 0.29) is 0 Å². The molecule has 0 unspecified atom stereocenters. The second-order valence-corrected chi connectivity index (χ2v) is 2.72. The molecule has 1 aromatic heterocycles. The maximum atomic E-state index is 5.90. The van der Waals surface area contributed by atoms with E-state index in [0.717, 1.165) is 11.3 Å². The zero-order valence-electron chi connectivity index (χ0n) is 6.56. The van der Waals surface area contributed by atoms with Crippen LogP contribution in [-0.2, 0) is 13.6 Å². The second-order valence-electron chi connectivity index (χ2n) is 2.36. The van der Waals surface area contributed by atoms with E-state index in [1.54, 1.807) is 11.7 Å². The number of nitrogens with two attached hydrogens (primary N) is 1. The Hall–Kier alpha value is -0.580. The normalized spacial score (nSPS) is 10.5. The highest BCUT2D eigenvalue weighted by molar-refractivity contribution is 6.30. The van der Waals surface area contributed by atoms with Gasteiger partial charge < -0.3 is 0 Å². The van der Waals surface area contributed by atoms with Gasteiger partial charge in [-0.1, -0.05) is 11.6 Å². The molecule has 0 aliphatic rings. The molecule has 5 heteroatoms. The van der Waals surface area contributed by atoms with Crippen LogP contribution in [0, 0.1) is 6.92 Å². The van der Waals surface area contributed by atoms with Crippen molar-refractivity contribution in [3.8, 4) is 0 Å². The fraction of sp³-hybridized carbons (Fsp3) is 0.500. The lowest BCUT2D eigenvalue weighted by Crippen LogP contribution is -2.21. The summed E-state index contributed by atoms with van der Waals surface area (Å²) in [6.45, 7) is 2.46. The van der Waals surface area contributed by atoms with Crippen LogP contribution in [0.15, 0.2) is 0 Å². The van der Waals surface area contributed by atoms with Crippen LogP contribution >= 0.6 is 11.6 Å². The van der Waals surface area contributed by atoms with Crippen molar-refractivity contribution in [2.24, 2.45) is 12.9 Å². The summed E-state index contributed by atoms with van der Waals surface area (Å²) in [5.74, 6) is 5.16. The predicted octanol–water partition coefficient (Wildman–Crippen LogP) is 0.345. The highest BCUT2D eigenvalue weighted by Gasteiger charge is 2.08. The average Bonchev–Trinajstić information content (AvgIpc) is 2.17. The minimum atomic E-state index is 0.554. The zero-order valence-corrected chi connectivity index (χ0v) is 7.31. The van der Waals surface area contributed by atoms with Gasteiger partial charge >= 0.3 is 0 Å². The van der Waals surface area contributed by atoms with E-state index in [0.29, 0.717) is 11.7 Å². The Kier molecular flexibility index (Phi) is 2.49. The topological polar surface area (TPSA) is 55.9 Å². The van der Waals surface area contributed by atoms with Gasteiger partial charge in [0.25, 0.3) is 0 Å². The van der Waals surface area contributed by atoms with Crippen LogP contribution in [-0.4, -0.2) is 9.78 Å². The van der Waals surface area contributed by atoms with E-state index in [1.807, 2.05) is 6.92 Å². The molecule has 0 aromatic carbocycles. The summed E-state index contributed by atoms with van der Waals surface area (Å²) in [5, 5.41) is 4.76. The van der Waals surface area contributed by atoms with Crippen molar-refractivity contribution in [2.45, 2.75) is 13.5 Å². The van der Waals surface area contributed by atoms with E-state index in [4.69, 9.17) is 17.4 Å². The number of hydrogen-bond acceptors (Lipinski definition) is 3. The number of aromatic nitrogens is 2. The lowest BCUT2D eigenvalue weighted by atomic mass is 10.3. The first-order valence-electron chi connectivity index (χ1n) is 3.28. The Balaban J connectivity index is 3.02. The molecule has 0 aliphatic carbocycles. The van der Waals surface area contributed by atoms with E-state index in [1.165, 1.54) is 0 Å². The maximum absolute atomic E-state index is 5.90. The predicted molar refractivity (Wildman–Crippen MR) is 44.0 cm³/mol. The summed E-state index contributed by atoms with van der Waals surface area (Å²) in [5.41, 5.74) is 4.41. The quantitative estimate of drug-likeness (QED) is 0.503. The highest BCUT2D eigenvalue weighted by Crippen LogP contribution is 2.17. The molecule has 1 rings (SSSR count). The minimum absolute atomic E-state index is 0.554. The molecular weight excluding hydrogens is 164 g/mol. The SMILES string of the molecule is Cc1nn(C)c(Cl)c1CNN. The third-order valence-electron chi connectivity index (χ3n) is 1.55. The first-order valence-corrected chi connectivity index (χ1v) is 3.66. The van der Waals surface area contributed by atoms with Gasteiger partial charge in [0.1, 0.15) is 5.15 Å². The van der Waals surface area contributed by atoms with Crippen LogP contribution in [0.25, 0.3) is 0 Å². The first kappa shape index (κ1) is 8.52. The monoisotopic (exact) mass is 174 g/mol. The van der Waals surface area contributed by atoms with Gasteiger partial charge in [0.2, 0.25) is 0 Å². The van der Waals surface area contributed by atoms with Gasteiger partial charge in [-0.05, 0) is 6.92 Å².